The first kappa shape index (κ1) is 18.4. The lowest BCUT2D eigenvalue weighted by molar-refractivity contribution is 0.331. The number of nitrogens with two attached hydrogens (primary N) is 1. The minimum Gasteiger partial charge on any atom is -0.323 e. The van der Waals surface area contributed by atoms with E-state index < -0.39 is 0 Å². The lowest BCUT2D eigenvalue weighted by Gasteiger charge is -2.42. The number of rotatable bonds is 2. The highest BCUT2D eigenvalue weighted by Crippen LogP contribution is 2.46. The van der Waals surface area contributed by atoms with E-state index in [1.165, 1.54) is 33.1 Å². The van der Waals surface area contributed by atoms with E-state index in [4.69, 9.17) is 5.84 Å². The van der Waals surface area contributed by atoms with Crippen molar-refractivity contribution >= 4 is 28.3 Å². The van der Waals surface area contributed by atoms with Gasteiger partial charge in [-0.25, -0.2) is 0 Å². The first-order valence-electron chi connectivity index (χ1n) is 8.85. The lowest BCUT2D eigenvalue weighted by atomic mass is 9.62. The van der Waals surface area contributed by atoms with Crippen LogP contribution in [0.1, 0.15) is 68.4 Å². The molecule has 0 bridgehead atoms. The number of halogens is 1. The zero-order valence-corrected chi connectivity index (χ0v) is 17.9. The van der Waals surface area contributed by atoms with Gasteiger partial charge in [-0.3, -0.25) is 0 Å². The third-order valence-corrected chi connectivity index (χ3v) is 6.42. The number of hydrogen-bond donors (Lipinski definition) is 1. The molecule has 0 saturated heterocycles. The van der Waals surface area contributed by atoms with Crippen molar-refractivity contribution in [2.75, 3.05) is 0 Å². The van der Waals surface area contributed by atoms with Gasteiger partial charge < -0.3 is 5.84 Å². The normalized spacial score (nSPS) is 18.7. The van der Waals surface area contributed by atoms with Gasteiger partial charge in [-0.1, -0.05) is 45.9 Å². The smallest absolute Gasteiger partial charge is 0.0974 e. The van der Waals surface area contributed by atoms with Crippen LogP contribution in [0.5, 0.6) is 0 Å². The van der Waals surface area contributed by atoms with Crippen LogP contribution < -0.4 is 5.84 Å². The van der Waals surface area contributed by atoms with Crippen molar-refractivity contribution in [3.8, 4) is 0 Å². The second-order valence-electron chi connectivity index (χ2n) is 8.47. The molecule has 0 atom stereocenters. The van der Waals surface area contributed by atoms with Gasteiger partial charge in [0.1, 0.15) is 0 Å². The molecule has 132 valence electrons. The summed E-state index contributed by atoms with van der Waals surface area (Å²) in [7, 11) is 0. The van der Waals surface area contributed by atoms with Crippen LogP contribution in [-0.2, 0) is 10.8 Å². The number of nitrogens with zero attached hydrogens (tertiary/aromatic N) is 1. The summed E-state index contributed by atoms with van der Waals surface area (Å²) in [6.07, 6.45) is 2.43. The Bertz CT molecular complexity index is 830. The fourth-order valence-electron chi connectivity index (χ4n) is 3.88. The standard InChI is InChI=1S/C22H27IN2/c1-14-12-18-19(22(4,5)11-10-21(18,2)3)13-17(14)20(25-24)15-6-8-16(23)9-7-15/h6-9,12-13H,10-11,24H2,1-5H3/b25-20+. The molecule has 1 aliphatic rings. The Hall–Kier alpha value is -1.36. The number of hydrogen-bond acceptors (Lipinski definition) is 2. The predicted molar refractivity (Wildman–Crippen MR) is 115 cm³/mol. The van der Waals surface area contributed by atoms with E-state index >= 15 is 0 Å². The first-order valence-corrected chi connectivity index (χ1v) is 9.93. The van der Waals surface area contributed by atoms with Gasteiger partial charge in [-0.2, -0.15) is 5.10 Å². The van der Waals surface area contributed by atoms with E-state index in [0.29, 0.717) is 0 Å². The quantitative estimate of drug-likeness (QED) is 0.275. The summed E-state index contributed by atoms with van der Waals surface area (Å²) in [5, 5.41) is 4.17. The summed E-state index contributed by atoms with van der Waals surface area (Å²) in [5.74, 6) is 5.83. The Morgan fingerprint density at radius 2 is 1.48 bits per heavy atom. The third kappa shape index (κ3) is 3.35. The molecule has 0 unspecified atom stereocenters. The summed E-state index contributed by atoms with van der Waals surface area (Å²) in [6, 6.07) is 13.1. The van der Waals surface area contributed by atoms with E-state index in [1.54, 1.807) is 0 Å². The molecule has 0 radical (unpaired) electrons. The van der Waals surface area contributed by atoms with Crippen LogP contribution in [0.25, 0.3) is 0 Å². The van der Waals surface area contributed by atoms with Crippen LogP contribution >= 0.6 is 22.6 Å². The van der Waals surface area contributed by atoms with Gasteiger partial charge in [0.05, 0.1) is 5.71 Å². The number of benzene rings is 2. The van der Waals surface area contributed by atoms with Gasteiger partial charge in [0, 0.05) is 14.7 Å². The Morgan fingerprint density at radius 1 is 0.960 bits per heavy atom. The third-order valence-electron chi connectivity index (χ3n) is 5.70. The molecule has 0 saturated carbocycles. The van der Waals surface area contributed by atoms with Crippen LogP contribution in [0, 0.1) is 10.5 Å². The molecule has 0 heterocycles. The Labute approximate surface area is 165 Å². The highest BCUT2D eigenvalue weighted by atomic mass is 127. The second kappa shape index (κ2) is 6.42. The molecule has 2 N–H and O–H groups in total. The highest BCUT2D eigenvalue weighted by molar-refractivity contribution is 14.1. The summed E-state index contributed by atoms with van der Waals surface area (Å²) >= 11 is 2.32. The van der Waals surface area contributed by atoms with Gasteiger partial charge in [0.2, 0.25) is 0 Å². The molecule has 3 heteroatoms. The average molecular weight is 446 g/mol. The SMILES string of the molecule is Cc1cc2c(cc1/C(=N/N)c1ccc(I)cc1)C(C)(C)CCC2(C)C. The fraction of sp³-hybridized carbons (Fsp3) is 0.409. The largest absolute Gasteiger partial charge is 0.323 e. The van der Waals surface area contributed by atoms with E-state index in [1.807, 2.05) is 0 Å². The van der Waals surface area contributed by atoms with E-state index in [9.17, 15) is 0 Å². The average Bonchev–Trinajstić information content (AvgIpc) is 2.55. The van der Waals surface area contributed by atoms with Crippen LogP contribution in [0.15, 0.2) is 41.5 Å². The van der Waals surface area contributed by atoms with Gasteiger partial charge in [-0.15, -0.1) is 0 Å². The molecule has 2 aromatic carbocycles. The van der Waals surface area contributed by atoms with Gasteiger partial charge >= 0.3 is 0 Å². The number of hydrazone groups is 1. The summed E-state index contributed by atoms with van der Waals surface area (Å²) in [5.41, 5.74) is 7.64. The van der Waals surface area contributed by atoms with Crippen molar-refractivity contribution in [2.24, 2.45) is 10.9 Å². The van der Waals surface area contributed by atoms with Gasteiger partial charge in [0.15, 0.2) is 0 Å². The Kier molecular flexibility index (Phi) is 4.73. The summed E-state index contributed by atoms with van der Waals surface area (Å²) < 4.78 is 1.21. The zero-order valence-electron chi connectivity index (χ0n) is 15.8. The molecule has 1 aliphatic carbocycles. The van der Waals surface area contributed by atoms with Crippen molar-refractivity contribution < 1.29 is 0 Å². The maximum Gasteiger partial charge on any atom is 0.0974 e. The zero-order chi connectivity index (χ0) is 18.4. The van der Waals surface area contributed by atoms with Crippen LogP contribution in [0.4, 0.5) is 0 Å². The highest BCUT2D eigenvalue weighted by Gasteiger charge is 2.37. The van der Waals surface area contributed by atoms with E-state index in [-0.39, 0.29) is 10.8 Å². The fourth-order valence-corrected chi connectivity index (χ4v) is 4.24. The summed E-state index contributed by atoms with van der Waals surface area (Å²) in [6.45, 7) is 11.6. The van der Waals surface area contributed by atoms with Crippen molar-refractivity contribution in [2.45, 2.75) is 58.3 Å². The topological polar surface area (TPSA) is 38.4 Å². The predicted octanol–water partition coefficient (Wildman–Crippen LogP) is 5.66. The molecular formula is C22H27IN2. The molecule has 0 fully saturated rings. The molecule has 3 rings (SSSR count). The molecule has 0 amide bonds. The molecule has 0 aromatic heterocycles. The Balaban J connectivity index is 2.19. The molecule has 0 aliphatic heterocycles. The number of fused-ring (bicyclic) bond motifs is 1. The monoisotopic (exact) mass is 446 g/mol. The second-order valence-corrected chi connectivity index (χ2v) is 9.71. The van der Waals surface area contributed by atoms with Crippen molar-refractivity contribution in [1.29, 1.82) is 0 Å². The minimum absolute atomic E-state index is 0.180. The summed E-state index contributed by atoms with van der Waals surface area (Å²) in [4.78, 5) is 0. The van der Waals surface area contributed by atoms with Crippen LogP contribution in [0.3, 0.4) is 0 Å². The maximum atomic E-state index is 5.83. The van der Waals surface area contributed by atoms with E-state index in [2.05, 4.69) is 98.7 Å². The molecular weight excluding hydrogens is 419 g/mol. The van der Waals surface area contributed by atoms with Crippen molar-refractivity contribution in [3.05, 3.63) is 67.8 Å². The van der Waals surface area contributed by atoms with Crippen LogP contribution in [0.2, 0.25) is 0 Å². The minimum atomic E-state index is 0.180. The van der Waals surface area contributed by atoms with Crippen molar-refractivity contribution in [1.82, 2.24) is 0 Å². The molecule has 25 heavy (non-hydrogen) atoms. The first-order chi connectivity index (χ1) is 11.7. The Morgan fingerprint density at radius 3 is 2.00 bits per heavy atom. The van der Waals surface area contributed by atoms with Gasteiger partial charge in [-0.05, 0) is 88.1 Å². The lowest BCUT2D eigenvalue weighted by Crippen LogP contribution is -2.34. The molecule has 2 nitrogen and oxygen atoms in total. The molecule has 2 aromatic rings. The van der Waals surface area contributed by atoms with Crippen molar-refractivity contribution in [3.63, 3.8) is 0 Å². The number of aryl methyl sites for hydroxylation is 1. The van der Waals surface area contributed by atoms with Gasteiger partial charge in [0.25, 0.3) is 0 Å². The molecule has 0 spiro atoms. The maximum absolute atomic E-state index is 5.83. The van der Waals surface area contributed by atoms with E-state index in [0.717, 1.165) is 16.8 Å². The van der Waals surface area contributed by atoms with Crippen LogP contribution in [-0.4, -0.2) is 5.71 Å².